The van der Waals surface area contributed by atoms with Gasteiger partial charge in [-0.1, -0.05) is 13.3 Å². The van der Waals surface area contributed by atoms with Gasteiger partial charge in [0.1, 0.15) is 19.0 Å². The lowest BCUT2D eigenvalue weighted by atomic mass is 9.99. The minimum absolute atomic E-state index is 0.513. The van der Waals surface area contributed by atoms with Crippen molar-refractivity contribution in [2.75, 3.05) is 0 Å². The summed E-state index contributed by atoms with van der Waals surface area (Å²) in [7, 11) is 0. The number of aliphatic carboxylic acids is 1. The Bertz CT molecular complexity index is 292. The molecule has 1 rings (SSSR count). The highest BCUT2D eigenvalue weighted by atomic mass is 16.4. The average molecular weight is 242 g/mol. The third-order valence-corrected chi connectivity index (χ3v) is 1.98. The molecule has 8 nitrogen and oxygen atoms in total. The standard InChI is InChI=1S/C6H15N3O2.C3H3N3/c1-2-3-4(7)6(8,9)5(10)11;1-4-2-6-3-5-1/h4H,2-3,7-9H2,1H3,(H,10,11);1-3H. The van der Waals surface area contributed by atoms with E-state index in [1.807, 2.05) is 6.92 Å². The zero-order valence-electron chi connectivity index (χ0n) is 9.65. The first kappa shape index (κ1) is 15.4. The molecule has 7 N–H and O–H groups in total. The van der Waals surface area contributed by atoms with E-state index in [0.29, 0.717) is 6.42 Å². The van der Waals surface area contributed by atoms with Gasteiger partial charge in [-0.2, -0.15) is 0 Å². The van der Waals surface area contributed by atoms with Gasteiger partial charge in [-0.3, -0.25) is 0 Å². The van der Waals surface area contributed by atoms with E-state index in [1.54, 1.807) is 0 Å². The second-order valence-corrected chi connectivity index (χ2v) is 3.43. The molecule has 1 heterocycles. The van der Waals surface area contributed by atoms with Crippen LogP contribution >= 0.6 is 0 Å². The van der Waals surface area contributed by atoms with E-state index in [9.17, 15) is 4.79 Å². The number of hydrogen-bond donors (Lipinski definition) is 4. The predicted molar refractivity (Wildman–Crippen MR) is 61.5 cm³/mol. The summed E-state index contributed by atoms with van der Waals surface area (Å²) in [4.78, 5) is 21.1. The maximum Gasteiger partial charge on any atom is 0.340 e. The van der Waals surface area contributed by atoms with Crippen molar-refractivity contribution >= 4 is 5.97 Å². The van der Waals surface area contributed by atoms with Gasteiger partial charge in [0.15, 0.2) is 5.66 Å². The normalized spacial score (nSPS) is 12.2. The Morgan fingerprint density at radius 1 is 1.29 bits per heavy atom. The molecule has 0 spiro atoms. The van der Waals surface area contributed by atoms with Gasteiger partial charge in [-0.05, 0) is 6.42 Å². The van der Waals surface area contributed by atoms with Gasteiger partial charge in [0.05, 0.1) is 0 Å². The third kappa shape index (κ3) is 5.85. The summed E-state index contributed by atoms with van der Waals surface area (Å²) in [6.07, 6.45) is 5.59. The number of carboxylic acid groups (broad SMARTS) is 1. The van der Waals surface area contributed by atoms with E-state index in [2.05, 4.69) is 15.0 Å². The van der Waals surface area contributed by atoms with Crippen LogP contribution in [-0.2, 0) is 4.79 Å². The lowest BCUT2D eigenvalue weighted by molar-refractivity contribution is -0.144. The lowest BCUT2D eigenvalue weighted by Gasteiger charge is -2.25. The fraction of sp³-hybridized carbons (Fsp3) is 0.556. The average Bonchev–Trinajstić information content (AvgIpc) is 2.32. The first-order valence-corrected chi connectivity index (χ1v) is 5.04. The third-order valence-electron chi connectivity index (χ3n) is 1.98. The maximum absolute atomic E-state index is 10.4. The zero-order valence-corrected chi connectivity index (χ0v) is 9.65. The molecule has 96 valence electrons. The number of hydrogen-bond acceptors (Lipinski definition) is 7. The van der Waals surface area contributed by atoms with Gasteiger partial charge in [0.25, 0.3) is 0 Å². The zero-order chi connectivity index (χ0) is 13.3. The van der Waals surface area contributed by atoms with E-state index < -0.39 is 17.7 Å². The SMILES string of the molecule is CCCC(N)C(N)(N)C(=O)O.c1ncncn1. The van der Waals surface area contributed by atoms with Crippen LogP contribution in [0.25, 0.3) is 0 Å². The highest BCUT2D eigenvalue weighted by Crippen LogP contribution is 2.03. The maximum atomic E-state index is 10.4. The van der Waals surface area contributed by atoms with Crippen LogP contribution in [0.5, 0.6) is 0 Å². The molecule has 0 bridgehead atoms. The van der Waals surface area contributed by atoms with Crippen molar-refractivity contribution in [2.45, 2.75) is 31.5 Å². The van der Waals surface area contributed by atoms with Crippen LogP contribution in [0.2, 0.25) is 0 Å². The van der Waals surface area contributed by atoms with Gasteiger partial charge in [-0.25, -0.2) is 19.7 Å². The Morgan fingerprint density at radius 2 is 1.71 bits per heavy atom. The number of carbonyl (C=O) groups is 1. The molecule has 0 aliphatic carbocycles. The summed E-state index contributed by atoms with van der Waals surface area (Å²) < 4.78 is 0. The number of nitrogens with two attached hydrogens (primary N) is 3. The molecular weight excluding hydrogens is 224 g/mol. The van der Waals surface area contributed by atoms with Gasteiger partial charge in [0, 0.05) is 6.04 Å². The second kappa shape index (κ2) is 7.60. The van der Waals surface area contributed by atoms with E-state index in [-0.39, 0.29) is 0 Å². The van der Waals surface area contributed by atoms with Gasteiger partial charge in [0.2, 0.25) is 0 Å². The van der Waals surface area contributed by atoms with Crippen molar-refractivity contribution in [3.05, 3.63) is 19.0 Å². The van der Waals surface area contributed by atoms with Crippen molar-refractivity contribution in [3.63, 3.8) is 0 Å². The molecule has 0 aliphatic heterocycles. The topological polar surface area (TPSA) is 154 Å². The largest absolute Gasteiger partial charge is 0.479 e. The van der Waals surface area contributed by atoms with Crippen LogP contribution in [0.15, 0.2) is 19.0 Å². The van der Waals surface area contributed by atoms with Crippen molar-refractivity contribution in [3.8, 4) is 0 Å². The molecule has 8 heteroatoms. The first-order chi connectivity index (χ1) is 7.92. The minimum Gasteiger partial charge on any atom is -0.479 e. The molecular formula is C9H18N6O2. The molecule has 1 aromatic rings. The summed E-state index contributed by atoms with van der Waals surface area (Å²) in [5.41, 5.74) is 14.1. The molecule has 0 saturated heterocycles. The fourth-order valence-corrected chi connectivity index (χ4v) is 0.913. The Morgan fingerprint density at radius 3 is 1.94 bits per heavy atom. The van der Waals surface area contributed by atoms with Crippen molar-refractivity contribution in [2.24, 2.45) is 17.2 Å². The van der Waals surface area contributed by atoms with Crippen LogP contribution in [0, 0.1) is 0 Å². The molecule has 0 fully saturated rings. The van der Waals surface area contributed by atoms with Gasteiger partial charge >= 0.3 is 5.97 Å². The molecule has 0 radical (unpaired) electrons. The van der Waals surface area contributed by atoms with E-state index in [0.717, 1.165) is 6.42 Å². The van der Waals surface area contributed by atoms with Crippen molar-refractivity contribution in [1.82, 2.24) is 15.0 Å². The predicted octanol–water partition coefficient (Wildman–Crippen LogP) is -1.32. The number of aromatic nitrogens is 3. The molecule has 1 atom stereocenters. The Labute approximate surface area is 99.3 Å². The molecule has 0 aromatic carbocycles. The van der Waals surface area contributed by atoms with Crippen molar-refractivity contribution in [1.29, 1.82) is 0 Å². The van der Waals surface area contributed by atoms with Crippen LogP contribution in [0.3, 0.4) is 0 Å². The van der Waals surface area contributed by atoms with E-state index in [4.69, 9.17) is 22.3 Å². The molecule has 1 aromatic heterocycles. The summed E-state index contributed by atoms with van der Waals surface area (Å²) in [6, 6.07) is -0.690. The molecule has 0 aliphatic rings. The van der Waals surface area contributed by atoms with Crippen LogP contribution < -0.4 is 17.2 Å². The number of rotatable bonds is 4. The molecule has 0 saturated carbocycles. The number of nitrogens with zero attached hydrogens (tertiary/aromatic N) is 3. The van der Waals surface area contributed by atoms with Crippen LogP contribution in [-0.4, -0.2) is 37.7 Å². The Hall–Kier alpha value is -1.64. The Kier molecular flexibility index (Phi) is 6.87. The summed E-state index contributed by atoms with van der Waals surface area (Å²) in [5.74, 6) is -1.27. The number of carboxylic acids is 1. The van der Waals surface area contributed by atoms with E-state index in [1.165, 1.54) is 19.0 Å². The summed E-state index contributed by atoms with van der Waals surface area (Å²) in [5, 5.41) is 8.51. The van der Waals surface area contributed by atoms with Crippen molar-refractivity contribution < 1.29 is 9.90 Å². The molecule has 1 unspecified atom stereocenters. The Balaban J connectivity index is 0.000000354. The quantitative estimate of drug-likeness (QED) is 0.474. The molecule has 17 heavy (non-hydrogen) atoms. The van der Waals surface area contributed by atoms with Crippen LogP contribution in [0.4, 0.5) is 0 Å². The second-order valence-electron chi connectivity index (χ2n) is 3.43. The summed E-state index contributed by atoms with van der Waals surface area (Å²) in [6.45, 7) is 1.89. The lowest BCUT2D eigenvalue weighted by Crippen LogP contribution is -2.67. The first-order valence-electron chi connectivity index (χ1n) is 5.04. The highest BCUT2D eigenvalue weighted by molar-refractivity contribution is 5.78. The summed E-state index contributed by atoms with van der Waals surface area (Å²) >= 11 is 0. The van der Waals surface area contributed by atoms with E-state index >= 15 is 0 Å². The highest BCUT2D eigenvalue weighted by Gasteiger charge is 2.35. The van der Waals surface area contributed by atoms with Gasteiger partial charge < -0.3 is 22.3 Å². The van der Waals surface area contributed by atoms with Gasteiger partial charge in [-0.15, -0.1) is 0 Å². The molecule has 0 amide bonds. The van der Waals surface area contributed by atoms with Crippen LogP contribution in [0.1, 0.15) is 19.8 Å². The monoisotopic (exact) mass is 242 g/mol. The minimum atomic E-state index is -1.80. The smallest absolute Gasteiger partial charge is 0.340 e. The fourth-order valence-electron chi connectivity index (χ4n) is 0.913.